The summed E-state index contributed by atoms with van der Waals surface area (Å²) in [5.41, 5.74) is 6.07. The number of anilines is 2. The van der Waals surface area contributed by atoms with E-state index in [0.717, 1.165) is 25.5 Å². The van der Waals surface area contributed by atoms with Crippen molar-refractivity contribution in [3.63, 3.8) is 0 Å². The molecule has 1 fully saturated rings. The van der Waals surface area contributed by atoms with E-state index in [0.29, 0.717) is 5.82 Å². The Morgan fingerprint density at radius 2 is 2.19 bits per heavy atom. The number of methoxy groups -OCH3 is 1. The second-order valence-electron chi connectivity index (χ2n) is 5.23. The lowest BCUT2D eigenvalue weighted by molar-refractivity contribution is 0.0603. The summed E-state index contributed by atoms with van der Waals surface area (Å²) in [5.74, 6) is -0.202. The molecular formula is C12H20N4O4S. The normalized spacial score (nSPS) is 15.5. The van der Waals surface area contributed by atoms with Gasteiger partial charge in [0.1, 0.15) is 21.2 Å². The standard InChI is InChI=1S/C12H20N4O4S/c1-20-12(17)9-10(13)16(6-7-21(2,18)19)15-11(9)14-8-4-3-5-8/h8H,3-7,13H2,1-2H3,(H,14,15). The molecule has 8 nitrogen and oxygen atoms in total. The molecule has 1 aromatic rings. The minimum Gasteiger partial charge on any atom is -0.465 e. The van der Waals surface area contributed by atoms with Crippen LogP contribution in [0, 0.1) is 0 Å². The van der Waals surface area contributed by atoms with Crippen molar-refractivity contribution in [1.82, 2.24) is 9.78 Å². The van der Waals surface area contributed by atoms with Gasteiger partial charge in [-0.05, 0) is 19.3 Å². The van der Waals surface area contributed by atoms with Crippen molar-refractivity contribution in [1.29, 1.82) is 0 Å². The maximum absolute atomic E-state index is 11.8. The third kappa shape index (κ3) is 3.66. The molecular weight excluding hydrogens is 296 g/mol. The Bertz CT molecular complexity index is 634. The number of ether oxygens (including phenoxy) is 1. The first-order valence-electron chi connectivity index (χ1n) is 6.70. The highest BCUT2D eigenvalue weighted by Gasteiger charge is 2.27. The number of sulfone groups is 1. The van der Waals surface area contributed by atoms with Crippen LogP contribution < -0.4 is 11.1 Å². The highest BCUT2D eigenvalue weighted by atomic mass is 32.2. The largest absolute Gasteiger partial charge is 0.465 e. The van der Waals surface area contributed by atoms with Crippen LogP contribution in [0.15, 0.2) is 0 Å². The number of carbonyl (C=O) groups is 1. The third-order valence-corrected chi connectivity index (χ3v) is 4.43. The van der Waals surface area contributed by atoms with Crippen molar-refractivity contribution in [2.75, 3.05) is 30.2 Å². The zero-order valence-electron chi connectivity index (χ0n) is 12.1. The van der Waals surface area contributed by atoms with Crippen molar-refractivity contribution < 1.29 is 17.9 Å². The fourth-order valence-electron chi connectivity index (χ4n) is 2.05. The Morgan fingerprint density at radius 3 is 2.67 bits per heavy atom. The van der Waals surface area contributed by atoms with Crippen LogP contribution in [0.1, 0.15) is 29.6 Å². The van der Waals surface area contributed by atoms with E-state index in [2.05, 4.69) is 10.4 Å². The van der Waals surface area contributed by atoms with Gasteiger partial charge in [0.2, 0.25) is 0 Å². The highest BCUT2D eigenvalue weighted by Crippen LogP contribution is 2.28. The molecule has 0 amide bonds. The SMILES string of the molecule is COC(=O)c1c(NC2CCC2)nn(CCS(C)(=O)=O)c1N. The van der Waals surface area contributed by atoms with Gasteiger partial charge in [0.05, 0.1) is 19.4 Å². The molecule has 0 aromatic carbocycles. The molecule has 0 radical (unpaired) electrons. The van der Waals surface area contributed by atoms with E-state index in [1.807, 2.05) is 0 Å². The number of nitrogens with two attached hydrogens (primary N) is 1. The van der Waals surface area contributed by atoms with Crippen LogP contribution in [-0.4, -0.2) is 49.3 Å². The summed E-state index contributed by atoms with van der Waals surface area (Å²) in [4.78, 5) is 11.8. The van der Waals surface area contributed by atoms with E-state index in [4.69, 9.17) is 10.5 Å². The lowest BCUT2D eigenvalue weighted by Gasteiger charge is -2.26. The molecule has 1 aliphatic rings. The van der Waals surface area contributed by atoms with E-state index < -0.39 is 15.8 Å². The maximum atomic E-state index is 11.8. The Hall–Kier alpha value is -1.77. The summed E-state index contributed by atoms with van der Waals surface area (Å²) < 4.78 is 28.5. The van der Waals surface area contributed by atoms with Crippen LogP contribution in [-0.2, 0) is 21.1 Å². The van der Waals surface area contributed by atoms with Crippen LogP contribution in [0.3, 0.4) is 0 Å². The molecule has 9 heteroatoms. The summed E-state index contributed by atoms with van der Waals surface area (Å²) in [6.07, 6.45) is 4.30. The highest BCUT2D eigenvalue weighted by molar-refractivity contribution is 7.90. The van der Waals surface area contributed by atoms with Crippen LogP contribution in [0.5, 0.6) is 0 Å². The fraction of sp³-hybridized carbons (Fsp3) is 0.667. The van der Waals surface area contributed by atoms with Gasteiger partial charge >= 0.3 is 5.97 Å². The molecule has 0 atom stereocenters. The van der Waals surface area contributed by atoms with Crippen molar-refractivity contribution >= 4 is 27.4 Å². The predicted octanol–water partition coefficient (Wildman–Crippen LogP) is 0.261. The Balaban J connectivity index is 2.26. The minimum atomic E-state index is -3.14. The number of aryl methyl sites for hydroxylation is 1. The molecule has 1 saturated carbocycles. The van der Waals surface area contributed by atoms with Gasteiger partial charge in [0.15, 0.2) is 5.82 Å². The van der Waals surface area contributed by atoms with Crippen molar-refractivity contribution in [2.45, 2.75) is 31.8 Å². The van der Waals surface area contributed by atoms with Crippen molar-refractivity contribution in [2.24, 2.45) is 0 Å². The molecule has 21 heavy (non-hydrogen) atoms. The number of nitrogen functional groups attached to an aromatic ring is 1. The van der Waals surface area contributed by atoms with Crippen LogP contribution in [0.25, 0.3) is 0 Å². The number of esters is 1. The lowest BCUT2D eigenvalue weighted by atomic mass is 9.93. The fourth-order valence-corrected chi connectivity index (χ4v) is 2.55. The average molecular weight is 316 g/mol. The van der Waals surface area contributed by atoms with E-state index >= 15 is 0 Å². The monoisotopic (exact) mass is 316 g/mol. The summed E-state index contributed by atoms with van der Waals surface area (Å²) >= 11 is 0. The Kier molecular flexibility index (Phi) is 4.40. The quantitative estimate of drug-likeness (QED) is 0.723. The van der Waals surface area contributed by atoms with Gasteiger partial charge in [-0.2, -0.15) is 5.10 Å². The Morgan fingerprint density at radius 1 is 1.52 bits per heavy atom. The molecule has 0 bridgehead atoms. The Labute approximate surface area is 123 Å². The summed E-state index contributed by atoms with van der Waals surface area (Å²) in [6.45, 7) is 0.0982. The van der Waals surface area contributed by atoms with Gasteiger partial charge in [-0.25, -0.2) is 17.9 Å². The maximum Gasteiger partial charge on any atom is 0.345 e. The summed E-state index contributed by atoms with van der Waals surface area (Å²) in [6, 6.07) is 0.270. The van der Waals surface area contributed by atoms with Crippen LogP contribution in [0.4, 0.5) is 11.6 Å². The van der Waals surface area contributed by atoms with Gasteiger partial charge < -0.3 is 15.8 Å². The summed E-state index contributed by atoms with van der Waals surface area (Å²) in [5, 5.41) is 7.38. The second kappa shape index (κ2) is 5.92. The van der Waals surface area contributed by atoms with Crippen LogP contribution >= 0.6 is 0 Å². The predicted molar refractivity (Wildman–Crippen MR) is 79.0 cm³/mol. The van der Waals surface area contributed by atoms with Gasteiger partial charge in [-0.3, -0.25) is 0 Å². The average Bonchev–Trinajstić information content (AvgIpc) is 2.66. The van der Waals surface area contributed by atoms with E-state index in [1.165, 1.54) is 11.8 Å². The van der Waals surface area contributed by atoms with Gasteiger partial charge in [-0.15, -0.1) is 0 Å². The van der Waals surface area contributed by atoms with E-state index in [9.17, 15) is 13.2 Å². The molecule has 0 saturated heterocycles. The summed E-state index contributed by atoms with van der Waals surface area (Å²) in [7, 11) is -1.87. The number of rotatable bonds is 6. The molecule has 2 rings (SSSR count). The zero-order chi connectivity index (χ0) is 15.6. The van der Waals surface area contributed by atoms with Gasteiger partial charge in [0.25, 0.3) is 0 Å². The van der Waals surface area contributed by atoms with Crippen molar-refractivity contribution in [3.8, 4) is 0 Å². The van der Waals surface area contributed by atoms with Crippen molar-refractivity contribution in [3.05, 3.63) is 5.56 Å². The molecule has 0 unspecified atom stereocenters. The number of aromatic nitrogens is 2. The molecule has 1 aliphatic carbocycles. The van der Waals surface area contributed by atoms with E-state index in [1.54, 1.807) is 0 Å². The first kappa shape index (κ1) is 15.6. The van der Waals surface area contributed by atoms with Crippen LogP contribution in [0.2, 0.25) is 0 Å². The number of nitrogens with one attached hydrogen (secondary N) is 1. The number of hydrogen-bond acceptors (Lipinski definition) is 7. The third-order valence-electron chi connectivity index (χ3n) is 3.50. The first-order valence-corrected chi connectivity index (χ1v) is 8.76. The minimum absolute atomic E-state index is 0.0949. The van der Waals surface area contributed by atoms with Gasteiger partial charge in [0, 0.05) is 12.3 Å². The number of carbonyl (C=O) groups excluding carboxylic acids is 1. The smallest absolute Gasteiger partial charge is 0.345 e. The number of nitrogens with zero attached hydrogens (tertiary/aromatic N) is 2. The molecule has 0 aliphatic heterocycles. The van der Waals surface area contributed by atoms with E-state index in [-0.39, 0.29) is 29.7 Å². The second-order valence-corrected chi connectivity index (χ2v) is 7.49. The molecule has 3 N–H and O–H groups in total. The van der Waals surface area contributed by atoms with Gasteiger partial charge in [-0.1, -0.05) is 0 Å². The molecule has 1 heterocycles. The zero-order valence-corrected chi connectivity index (χ0v) is 12.9. The number of hydrogen-bond donors (Lipinski definition) is 2. The lowest BCUT2D eigenvalue weighted by Crippen LogP contribution is -2.28. The first-order chi connectivity index (χ1) is 9.81. The molecule has 118 valence electrons. The molecule has 1 aromatic heterocycles. The molecule has 0 spiro atoms. The topological polar surface area (TPSA) is 116 Å².